The van der Waals surface area contributed by atoms with Crippen molar-refractivity contribution in [2.24, 2.45) is 0 Å². The maximum atomic E-state index is 13.7. The topological polar surface area (TPSA) is 157 Å². The molecule has 1 saturated heterocycles. The van der Waals surface area contributed by atoms with E-state index in [2.05, 4.69) is 54.1 Å². The van der Waals surface area contributed by atoms with Gasteiger partial charge in [0.2, 0.25) is 0 Å². The molecule has 1 atom stereocenters. The summed E-state index contributed by atoms with van der Waals surface area (Å²) in [7, 11) is -4.30. The minimum atomic E-state index is -4.30. The van der Waals surface area contributed by atoms with Crippen LogP contribution in [0.15, 0.2) is 131 Å². The summed E-state index contributed by atoms with van der Waals surface area (Å²) in [6.45, 7) is 4.01. The zero-order valence-electron chi connectivity index (χ0n) is 30.8. The number of fused-ring (bicyclic) bond motifs is 1. The molecule has 6 aromatic rings. The average molecular weight is 819 g/mol. The number of benzene rings is 5. The van der Waals surface area contributed by atoms with Gasteiger partial charge in [-0.2, -0.15) is 5.26 Å². The summed E-state index contributed by atoms with van der Waals surface area (Å²) >= 11 is 7.98. The number of piperazine rings is 1. The van der Waals surface area contributed by atoms with Gasteiger partial charge in [-0.15, -0.1) is 11.8 Å². The molecule has 1 aromatic heterocycles. The lowest BCUT2D eigenvalue weighted by molar-refractivity contribution is -0.384. The number of anilines is 3. The van der Waals surface area contributed by atoms with Gasteiger partial charge in [0.15, 0.2) is 5.82 Å². The highest BCUT2D eigenvalue weighted by Gasteiger charge is 2.25. The lowest BCUT2D eigenvalue weighted by Gasteiger charge is -2.36. The fourth-order valence-electron chi connectivity index (χ4n) is 6.83. The molecule has 5 aromatic carbocycles. The Bertz CT molecular complexity index is 2520. The molecule has 0 bridgehead atoms. The van der Waals surface area contributed by atoms with Crippen molar-refractivity contribution in [1.29, 1.82) is 5.26 Å². The van der Waals surface area contributed by atoms with Gasteiger partial charge in [0.25, 0.3) is 15.7 Å². The van der Waals surface area contributed by atoms with Gasteiger partial charge >= 0.3 is 0 Å². The van der Waals surface area contributed by atoms with Crippen LogP contribution in [0.4, 0.5) is 22.9 Å². The van der Waals surface area contributed by atoms with Crippen LogP contribution in [-0.4, -0.2) is 66.2 Å². The number of halogens is 1. The molecule has 2 N–H and O–H groups in total. The third-order valence-electron chi connectivity index (χ3n) is 9.77. The fraction of sp³-hybridized carbons (Fsp3) is 0.214. The van der Waals surface area contributed by atoms with Crippen molar-refractivity contribution in [2.45, 2.75) is 35.2 Å². The van der Waals surface area contributed by atoms with E-state index in [1.54, 1.807) is 17.8 Å². The van der Waals surface area contributed by atoms with E-state index in [4.69, 9.17) is 11.6 Å². The molecule has 0 spiro atoms. The number of nitro benzene ring substituents is 1. The molecule has 12 nitrogen and oxygen atoms in total. The molecule has 0 saturated carbocycles. The Morgan fingerprint density at radius 2 is 1.67 bits per heavy atom. The maximum Gasteiger partial charge on any atom is 0.293 e. The van der Waals surface area contributed by atoms with Gasteiger partial charge in [0.05, 0.1) is 21.4 Å². The summed E-state index contributed by atoms with van der Waals surface area (Å²) < 4.78 is 29.9. The number of rotatable bonds is 15. The largest absolute Gasteiger partial charge is 0.376 e. The number of nitrogens with zero attached hydrogens (tertiary/aromatic N) is 6. The van der Waals surface area contributed by atoms with Crippen LogP contribution in [0.3, 0.4) is 0 Å². The van der Waals surface area contributed by atoms with E-state index in [-0.39, 0.29) is 28.9 Å². The van der Waals surface area contributed by atoms with Crippen molar-refractivity contribution >= 4 is 67.2 Å². The molecule has 57 heavy (non-hydrogen) atoms. The zero-order valence-corrected chi connectivity index (χ0v) is 33.2. The van der Waals surface area contributed by atoms with Crippen LogP contribution in [0.25, 0.3) is 22.0 Å². The third-order valence-corrected chi connectivity index (χ3v) is 12.5. The van der Waals surface area contributed by atoms with Crippen LogP contribution in [0.1, 0.15) is 18.4 Å². The second-order valence-electron chi connectivity index (χ2n) is 13.6. The predicted octanol–water partition coefficient (Wildman–Crippen LogP) is 8.86. The molecular formula is C42H39ClN8O4S2. The van der Waals surface area contributed by atoms with Crippen molar-refractivity contribution in [3.63, 3.8) is 0 Å². The van der Waals surface area contributed by atoms with E-state index >= 15 is 0 Å². The monoisotopic (exact) mass is 818 g/mol. The predicted molar refractivity (Wildman–Crippen MR) is 227 cm³/mol. The molecule has 7 rings (SSSR count). The summed E-state index contributed by atoms with van der Waals surface area (Å²) in [5, 5.41) is 25.8. The first-order valence-electron chi connectivity index (χ1n) is 18.4. The lowest BCUT2D eigenvalue weighted by atomic mass is 9.99. The van der Waals surface area contributed by atoms with Crippen LogP contribution in [0.2, 0.25) is 5.02 Å². The molecule has 1 aliphatic rings. The third kappa shape index (κ3) is 9.81. The van der Waals surface area contributed by atoms with Crippen molar-refractivity contribution < 1.29 is 13.3 Å². The number of hydrogen-bond acceptors (Lipinski definition) is 11. The molecule has 1 aliphatic heterocycles. The zero-order chi connectivity index (χ0) is 39.8. The van der Waals surface area contributed by atoms with Gasteiger partial charge < -0.3 is 10.2 Å². The fourth-order valence-corrected chi connectivity index (χ4v) is 9.07. The number of nitro groups is 1. The van der Waals surface area contributed by atoms with Gasteiger partial charge in [-0.1, -0.05) is 66.2 Å². The minimum Gasteiger partial charge on any atom is -0.376 e. The van der Waals surface area contributed by atoms with Gasteiger partial charge in [-0.05, 0) is 77.7 Å². The summed E-state index contributed by atoms with van der Waals surface area (Å²) in [5.41, 5.74) is 4.77. The molecular weight excluding hydrogens is 780 g/mol. The van der Waals surface area contributed by atoms with Gasteiger partial charge in [0, 0.05) is 78.0 Å². The molecule has 1 fully saturated rings. The summed E-state index contributed by atoms with van der Waals surface area (Å²) in [6, 6.07) is 37.3. The van der Waals surface area contributed by atoms with E-state index in [0.29, 0.717) is 28.1 Å². The number of aromatic nitrogens is 2. The second-order valence-corrected chi connectivity index (χ2v) is 16.8. The van der Waals surface area contributed by atoms with Gasteiger partial charge in [-0.3, -0.25) is 19.7 Å². The Hall–Kier alpha value is -5.72. The summed E-state index contributed by atoms with van der Waals surface area (Å²) in [6.07, 6.45) is 2.00. The summed E-state index contributed by atoms with van der Waals surface area (Å²) in [4.78, 5) is 25.7. The first-order valence-corrected chi connectivity index (χ1v) is 21.2. The Morgan fingerprint density at radius 3 is 2.40 bits per heavy atom. The van der Waals surface area contributed by atoms with E-state index < -0.39 is 20.6 Å². The van der Waals surface area contributed by atoms with E-state index in [9.17, 15) is 23.8 Å². The lowest BCUT2D eigenvalue weighted by Crippen LogP contribution is -2.46. The highest BCUT2D eigenvalue weighted by Crippen LogP contribution is 2.33. The van der Waals surface area contributed by atoms with E-state index in [1.165, 1.54) is 29.6 Å². The van der Waals surface area contributed by atoms with Crippen molar-refractivity contribution in [2.75, 3.05) is 46.9 Å². The highest BCUT2D eigenvalue weighted by molar-refractivity contribution is 7.99. The number of hydrogen-bond donors (Lipinski definition) is 2. The second kappa shape index (κ2) is 18.0. The maximum absolute atomic E-state index is 13.7. The smallest absolute Gasteiger partial charge is 0.293 e. The van der Waals surface area contributed by atoms with Crippen LogP contribution in [-0.2, 0) is 16.6 Å². The van der Waals surface area contributed by atoms with Crippen molar-refractivity contribution in [3.8, 4) is 17.2 Å². The molecule has 0 aliphatic carbocycles. The van der Waals surface area contributed by atoms with Crippen LogP contribution >= 0.6 is 23.4 Å². The summed E-state index contributed by atoms with van der Waals surface area (Å²) in [5.74, 6) is 0.606. The standard InChI is InChI=1S/C42H39ClN8O4S2/c43-32-13-16-37(30-8-3-1-4-9-30)31(24-32)27-49-20-22-50(23-21-49)34-14-17-38-40(25-34)45-29-46-42(38)48-57(54,55)36-15-18-39(41(26-36)51(52)53)47-33(10-7-19-44)28-56-35-11-5-2-6-12-35/h1-6,8-9,11-18,24-26,29,33,47H,7,10,20-23,27-28H2,(H,45,46,48). The SMILES string of the molecule is N#CCCC(CSc1ccccc1)Nc1ccc(S(=O)(=O)Nc2ncnc3cc(N4CCN(Cc5cc(Cl)ccc5-c5ccccc5)CC4)ccc23)cc1[N+](=O)[O-]. The number of thioether (sulfide) groups is 1. The van der Waals surface area contributed by atoms with Crippen LogP contribution in [0.5, 0.6) is 0 Å². The normalized spacial score (nSPS) is 13.9. The van der Waals surface area contributed by atoms with E-state index in [1.807, 2.05) is 72.8 Å². The molecule has 0 radical (unpaired) electrons. The average Bonchev–Trinajstić information content (AvgIpc) is 3.22. The first kappa shape index (κ1) is 39.5. The van der Waals surface area contributed by atoms with Gasteiger partial charge in [0.1, 0.15) is 12.0 Å². The molecule has 0 amide bonds. The van der Waals surface area contributed by atoms with Crippen LogP contribution < -0.4 is 14.9 Å². The highest BCUT2D eigenvalue weighted by atomic mass is 35.5. The van der Waals surface area contributed by atoms with E-state index in [0.717, 1.165) is 54.9 Å². The number of nitriles is 1. The number of sulfonamides is 1. The minimum absolute atomic E-state index is 0.0615. The molecule has 2 heterocycles. The Kier molecular flexibility index (Phi) is 12.5. The molecule has 15 heteroatoms. The molecule has 290 valence electrons. The Balaban J connectivity index is 1.03. The Labute approximate surface area is 340 Å². The first-order chi connectivity index (χ1) is 27.7. The van der Waals surface area contributed by atoms with Gasteiger partial charge in [-0.25, -0.2) is 18.4 Å². The number of nitrogens with one attached hydrogen (secondary N) is 2. The Morgan fingerprint density at radius 1 is 0.912 bits per heavy atom. The quantitative estimate of drug-likeness (QED) is 0.0580. The van der Waals surface area contributed by atoms with Crippen LogP contribution in [0, 0.1) is 21.4 Å². The van der Waals surface area contributed by atoms with Crippen molar-refractivity contribution in [3.05, 3.63) is 142 Å². The molecule has 1 unspecified atom stereocenters. The van der Waals surface area contributed by atoms with Crippen molar-refractivity contribution in [1.82, 2.24) is 14.9 Å².